The SMILES string of the molecule is N#Cc1ccsc1NC(=O)CSc1nnc(-c2ccc(F)cc2)n1Cc1ccccc1. The van der Waals surface area contributed by atoms with Gasteiger partial charge in [-0.05, 0) is 41.3 Å². The molecule has 6 nitrogen and oxygen atoms in total. The van der Waals surface area contributed by atoms with Crippen LogP contribution in [0.2, 0.25) is 0 Å². The molecule has 4 rings (SSSR count). The van der Waals surface area contributed by atoms with E-state index in [0.717, 1.165) is 11.1 Å². The van der Waals surface area contributed by atoms with Crippen molar-refractivity contribution in [3.63, 3.8) is 0 Å². The van der Waals surface area contributed by atoms with Crippen molar-refractivity contribution in [3.05, 3.63) is 83.0 Å². The van der Waals surface area contributed by atoms with E-state index >= 15 is 0 Å². The Morgan fingerprint density at radius 2 is 1.90 bits per heavy atom. The molecule has 4 aromatic rings. The molecule has 0 fully saturated rings. The molecule has 31 heavy (non-hydrogen) atoms. The van der Waals surface area contributed by atoms with Crippen LogP contribution in [0.1, 0.15) is 11.1 Å². The number of carbonyl (C=O) groups excluding carboxylic acids is 1. The van der Waals surface area contributed by atoms with Crippen LogP contribution in [0.15, 0.2) is 71.2 Å². The fraction of sp³-hybridized carbons (Fsp3) is 0.0909. The topological polar surface area (TPSA) is 83.6 Å². The predicted octanol–water partition coefficient (Wildman–Crippen LogP) is 4.80. The number of carbonyl (C=O) groups is 1. The Kier molecular flexibility index (Phi) is 6.40. The van der Waals surface area contributed by atoms with Crippen molar-refractivity contribution in [2.24, 2.45) is 0 Å². The van der Waals surface area contributed by atoms with Gasteiger partial charge in [-0.15, -0.1) is 21.5 Å². The van der Waals surface area contributed by atoms with Crippen molar-refractivity contribution >= 4 is 34.0 Å². The number of hydrogen-bond acceptors (Lipinski definition) is 6. The summed E-state index contributed by atoms with van der Waals surface area (Å²) >= 11 is 2.56. The van der Waals surface area contributed by atoms with Crippen LogP contribution in [0, 0.1) is 17.1 Å². The molecule has 0 saturated heterocycles. The summed E-state index contributed by atoms with van der Waals surface area (Å²) in [6.07, 6.45) is 0. The van der Waals surface area contributed by atoms with E-state index in [1.165, 1.54) is 35.2 Å². The van der Waals surface area contributed by atoms with E-state index in [0.29, 0.717) is 28.1 Å². The molecule has 1 amide bonds. The van der Waals surface area contributed by atoms with E-state index in [-0.39, 0.29) is 17.5 Å². The van der Waals surface area contributed by atoms with E-state index in [1.807, 2.05) is 34.9 Å². The van der Waals surface area contributed by atoms with Crippen LogP contribution >= 0.6 is 23.1 Å². The van der Waals surface area contributed by atoms with Gasteiger partial charge in [0.05, 0.1) is 17.9 Å². The van der Waals surface area contributed by atoms with E-state index < -0.39 is 0 Å². The van der Waals surface area contributed by atoms with Crippen LogP contribution in [0.5, 0.6) is 0 Å². The van der Waals surface area contributed by atoms with E-state index in [2.05, 4.69) is 21.6 Å². The first kappa shape index (κ1) is 20.8. The second-order valence-electron chi connectivity index (χ2n) is 6.50. The van der Waals surface area contributed by atoms with E-state index in [1.54, 1.807) is 23.6 Å². The number of benzene rings is 2. The average molecular weight is 450 g/mol. The largest absolute Gasteiger partial charge is 0.316 e. The number of thiophene rings is 1. The van der Waals surface area contributed by atoms with Gasteiger partial charge in [0, 0.05) is 5.56 Å². The number of thioether (sulfide) groups is 1. The molecule has 1 N–H and O–H groups in total. The second-order valence-corrected chi connectivity index (χ2v) is 8.36. The minimum absolute atomic E-state index is 0.110. The van der Waals surface area contributed by atoms with E-state index in [9.17, 15) is 9.18 Å². The Morgan fingerprint density at radius 1 is 1.13 bits per heavy atom. The van der Waals surface area contributed by atoms with Crippen LogP contribution in [0.25, 0.3) is 11.4 Å². The molecule has 0 aliphatic heterocycles. The smallest absolute Gasteiger partial charge is 0.235 e. The van der Waals surface area contributed by atoms with Crippen molar-refractivity contribution in [2.75, 3.05) is 11.1 Å². The average Bonchev–Trinajstić information content (AvgIpc) is 3.40. The van der Waals surface area contributed by atoms with Gasteiger partial charge in [0.1, 0.15) is 16.9 Å². The first-order valence-corrected chi connectivity index (χ1v) is 11.1. The van der Waals surface area contributed by atoms with E-state index in [4.69, 9.17) is 5.26 Å². The molecular formula is C22H16FN5OS2. The number of aromatic nitrogens is 3. The predicted molar refractivity (Wildman–Crippen MR) is 119 cm³/mol. The van der Waals surface area contributed by atoms with Gasteiger partial charge in [-0.25, -0.2) is 4.39 Å². The molecule has 0 saturated carbocycles. The Hall–Kier alpha value is -3.48. The number of rotatable bonds is 7. The number of halogens is 1. The first-order valence-electron chi connectivity index (χ1n) is 9.27. The van der Waals surface area contributed by atoms with Gasteiger partial charge in [0.2, 0.25) is 5.91 Å². The van der Waals surface area contributed by atoms with Gasteiger partial charge in [0.15, 0.2) is 11.0 Å². The highest BCUT2D eigenvalue weighted by Crippen LogP contribution is 2.27. The fourth-order valence-electron chi connectivity index (χ4n) is 2.90. The molecular weight excluding hydrogens is 433 g/mol. The summed E-state index contributed by atoms with van der Waals surface area (Å²) in [5, 5.41) is 23.3. The standard InChI is InChI=1S/C22H16FN5OS2/c23-18-8-6-16(7-9-18)20-26-27-22(28(20)13-15-4-2-1-3-5-15)31-14-19(29)25-21-17(12-24)10-11-30-21/h1-11H,13-14H2,(H,25,29). The molecule has 0 radical (unpaired) electrons. The Labute approximate surface area is 186 Å². The molecule has 0 unspecified atom stereocenters. The van der Waals surface area contributed by atoms with Crippen LogP contribution in [-0.4, -0.2) is 26.4 Å². The maximum Gasteiger partial charge on any atom is 0.235 e. The summed E-state index contributed by atoms with van der Waals surface area (Å²) in [7, 11) is 0. The summed E-state index contributed by atoms with van der Waals surface area (Å²) in [6.45, 7) is 0.508. The van der Waals surface area contributed by atoms with Crippen molar-refractivity contribution in [3.8, 4) is 17.5 Å². The van der Waals surface area contributed by atoms with Gasteiger partial charge in [0.25, 0.3) is 0 Å². The number of nitriles is 1. The van der Waals surface area contributed by atoms with Crippen molar-refractivity contribution in [1.82, 2.24) is 14.8 Å². The maximum absolute atomic E-state index is 13.4. The minimum atomic E-state index is -0.325. The fourth-order valence-corrected chi connectivity index (χ4v) is 4.39. The lowest BCUT2D eigenvalue weighted by Crippen LogP contribution is -2.14. The highest BCUT2D eigenvalue weighted by atomic mass is 32.2. The number of amides is 1. The van der Waals surface area contributed by atoms with Crippen molar-refractivity contribution < 1.29 is 9.18 Å². The third-order valence-corrected chi connectivity index (χ3v) is 6.17. The maximum atomic E-state index is 13.4. The highest BCUT2D eigenvalue weighted by molar-refractivity contribution is 7.99. The second kappa shape index (κ2) is 9.55. The third kappa shape index (κ3) is 4.99. The zero-order valence-corrected chi connectivity index (χ0v) is 17.8. The molecule has 154 valence electrons. The normalized spacial score (nSPS) is 10.6. The zero-order chi connectivity index (χ0) is 21.6. The molecule has 0 aliphatic carbocycles. The Balaban J connectivity index is 1.56. The van der Waals surface area contributed by atoms with Crippen LogP contribution in [0.4, 0.5) is 9.39 Å². The molecule has 2 aromatic heterocycles. The quantitative estimate of drug-likeness (QED) is 0.410. The lowest BCUT2D eigenvalue weighted by atomic mass is 10.2. The zero-order valence-electron chi connectivity index (χ0n) is 16.2. The van der Waals surface area contributed by atoms with Crippen LogP contribution < -0.4 is 5.32 Å². The van der Waals surface area contributed by atoms with Gasteiger partial charge >= 0.3 is 0 Å². The lowest BCUT2D eigenvalue weighted by Gasteiger charge is -2.10. The number of nitrogens with one attached hydrogen (secondary N) is 1. The summed E-state index contributed by atoms with van der Waals surface area (Å²) in [4.78, 5) is 12.4. The Morgan fingerprint density at radius 3 is 2.65 bits per heavy atom. The van der Waals surface area contributed by atoms with Gasteiger partial charge in [-0.2, -0.15) is 5.26 Å². The molecule has 0 bridgehead atoms. The summed E-state index contributed by atoms with van der Waals surface area (Å²) in [5.74, 6) is 0.145. The minimum Gasteiger partial charge on any atom is -0.316 e. The summed E-state index contributed by atoms with van der Waals surface area (Å²) in [6, 6.07) is 19.6. The first-order chi connectivity index (χ1) is 15.1. The highest BCUT2D eigenvalue weighted by Gasteiger charge is 2.17. The van der Waals surface area contributed by atoms with Gasteiger partial charge in [-0.3, -0.25) is 9.36 Å². The lowest BCUT2D eigenvalue weighted by molar-refractivity contribution is -0.113. The number of hydrogen-bond donors (Lipinski definition) is 1. The molecule has 0 spiro atoms. The number of anilines is 1. The summed E-state index contributed by atoms with van der Waals surface area (Å²) in [5.41, 5.74) is 2.22. The Bertz CT molecular complexity index is 1230. The van der Waals surface area contributed by atoms with Crippen molar-refractivity contribution in [1.29, 1.82) is 5.26 Å². The van der Waals surface area contributed by atoms with Crippen molar-refractivity contribution in [2.45, 2.75) is 11.7 Å². The third-order valence-electron chi connectivity index (χ3n) is 4.37. The molecule has 0 atom stereocenters. The number of nitrogens with zero attached hydrogens (tertiary/aromatic N) is 4. The van der Waals surface area contributed by atoms with Crippen LogP contribution in [0.3, 0.4) is 0 Å². The van der Waals surface area contributed by atoms with Gasteiger partial charge in [-0.1, -0.05) is 42.1 Å². The summed E-state index contributed by atoms with van der Waals surface area (Å²) < 4.78 is 15.3. The van der Waals surface area contributed by atoms with Crippen LogP contribution in [-0.2, 0) is 11.3 Å². The molecule has 2 heterocycles. The molecule has 9 heteroatoms. The van der Waals surface area contributed by atoms with Gasteiger partial charge < -0.3 is 5.32 Å². The monoisotopic (exact) mass is 449 g/mol. The molecule has 2 aromatic carbocycles. The molecule has 0 aliphatic rings.